The van der Waals surface area contributed by atoms with E-state index in [1.807, 2.05) is 13.8 Å². The normalized spacial score (nSPS) is 28.8. The summed E-state index contributed by atoms with van der Waals surface area (Å²) in [7, 11) is 0. The smallest absolute Gasteiger partial charge is 0.248 e. The molecular weight excluding hydrogens is 228 g/mol. The van der Waals surface area contributed by atoms with Crippen LogP contribution in [0.15, 0.2) is 0 Å². The van der Waals surface area contributed by atoms with E-state index in [1.54, 1.807) is 11.8 Å². The summed E-state index contributed by atoms with van der Waals surface area (Å²) in [6.07, 6.45) is 2.67. The molecule has 0 bridgehead atoms. The van der Waals surface area contributed by atoms with Crippen LogP contribution in [0, 0.1) is 5.92 Å². The predicted molar refractivity (Wildman–Crippen MR) is 72.1 cm³/mol. The van der Waals surface area contributed by atoms with E-state index in [1.165, 1.54) is 0 Å². The quantitative estimate of drug-likeness (QED) is 0.815. The maximum Gasteiger partial charge on any atom is 0.248 e. The van der Waals surface area contributed by atoms with Gasteiger partial charge in [-0.1, -0.05) is 20.8 Å². The van der Waals surface area contributed by atoms with Crippen molar-refractivity contribution in [2.24, 2.45) is 5.92 Å². The van der Waals surface area contributed by atoms with Gasteiger partial charge in [0.05, 0.1) is 0 Å². The Morgan fingerprint density at radius 3 is 2.50 bits per heavy atom. The molecule has 0 aromatic rings. The largest absolute Gasteiger partial charge is 0.340 e. The lowest BCUT2D eigenvalue weighted by Crippen LogP contribution is -2.68. The molecule has 0 saturated carbocycles. The van der Waals surface area contributed by atoms with E-state index < -0.39 is 5.54 Å². The number of piperazine rings is 1. The van der Waals surface area contributed by atoms with E-state index in [-0.39, 0.29) is 17.9 Å². The molecule has 1 aliphatic rings. The number of nitrogens with one attached hydrogen (secondary N) is 1. The lowest BCUT2D eigenvalue weighted by atomic mass is 9.92. The monoisotopic (exact) mass is 254 g/mol. The lowest BCUT2D eigenvalue weighted by molar-refractivity contribution is -0.153. The Morgan fingerprint density at radius 1 is 1.39 bits per heavy atom. The molecule has 0 aromatic carbocycles. The highest BCUT2D eigenvalue weighted by Gasteiger charge is 2.44. The molecule has 4 heteroatoms. The van der Waals surface area contributed by atoms with Crippen molar-refractivity contribution in [2.75, 3.05) is 6.54 Å². The molecule has 1 aliphatic heterocycles. The summed E-state index contributed by atoms with van der Waals surface area (Å²) >= 11 is 0. The molecule has 0 aliphatic carbocycles. The molecule has 4 nitrogen and oxygen atoms in total. The van der Waals surface area contributed by atoms with Gasteiger partial charge in [0, 0.05) is 6.54 Å². The maximum atomic E-state index is 12.4. The van der Waals surface area contributed by atoms with Crippen LogP contribution in [0.25, 0.3) is 0 Å². The number of amides is 2. The average Bonchev–Trinajstić information content (AvgIpc) is 2.31. The minimum absolute atomic E-state index is 0.0384. The van der Waals surface area contributed by atoms with Crippen LogP contribution in [0.1, 0.15) is 53.9 Å². The highest BCUT2D eigenvalue weighted by Crippen LogP contribution is 2.22. The SMILES string of the molecule is CCC1(C)NC(=O)C(C)N(CCCC(C)C)C1=O. The number of hydrogen-bond donors (Lipinski definition) is 1. The van der Waals surface area contributed by atoms with Crippen molar-refractivity contribution in [1.82, 2.24) is 10.2 Å². The second-order valence-electron chi connectivity index (χ2n) is 5.89. The molecule has 1 saturated heterocycles. The topological polar surface area (TPSA) is 49.4 Å². The van der Waals surface area contributed by atoms with Gasteiger partial charge in [0.2, 0.25) is 11.8 Å². The van der Waals surface area contributed by atoms with Crippen molar-refractivity contribution in [3.63, 3.8) is 0 Å². The minimum Gasteiger partial charge on any atom is -0.340 e. The molecule has 104 valence electrons. The number of carbonyl (C=O) groups excluding carboxylic acids is 2. The van der Waals surface area contributed by atoms with Gasteiger partial charge < -0.3 is 10.2 Å². The van der Waals surface area contributed by atoms with Crippen molar-refractivity contribution < 1.29 is 9.59 Å². The summed E-state index contributed by atoms with van der Waals surface area (Å²) in [5.74, 6) is 0.649. The van der Waals surface area contributed by atoms with Crippen LogP contribution in [0.5, 0.6) is 0 Å². The Balaban J connectivity index is 2.73. The zero-order chi connectivity index (χ0) is 13.9. The molecule has 0 aromatic heterocycles. The highest BCUT2D eigenvalue weighted by molar-refractivity contribution is 5.99. The van der Waals surface area contributed by atoms with Crippen LogP contribution in [0.3, 0.4) is 0 Å². The number of hydrogen-bond acceptors (Lipinski definition) is 2. The molecule has 0 spiro atoms. The molecule has 1 N–H and O–H groups in total. The first-order valence-corrected chi connectivity index (χ1v) is 6.95. The molecule has 18 heavy (non-hydrogen) atoms. The summed E-state index contributed by atoms with van der Waals surface area (Å²) in [5.41, 5.74) is -0.721. The van der Waals surface area contributed by atoms with E-state index >= 15 is 0 Å². The van der Waals surface area contributed by atoms with Gasteiger partial charge in [0.1, 0.15) is 11.6 Å². The highest BCUT2D eigenvalue weighted by atomic mass is 16.2. The van der Waals surface area contributed by atoms with Crippen molar-refractivity contribution in [2.45, 2.75) is 65.5 Å². The van der Waals surface area contributed by atoms with Gasteiger partial charge in [-0.3, -0.25) is 9.59 Å². The Bertz CT molecular complexity index is 328. The van der Waals surface area contributed by atoms with Crippen LogP contribution in [0.4, 0.5) is 0 Å². The van der Waals surface area contributed by atoms with Crippen molar-refractivity contribution in [3.8, 4) is 0 Å². The standard InChI is InChI=1S/C14H26N2O2/c1-6-14(5)13(18)16(9-7-8-10(2)3)11(4)12(17)15-14/h10-11H,6-9H2,1-5H3,(H,15,17). The van der Waals surface area contributed by atoms with Gasteiger partial charge in [-0.05, 0) is 39.0 Å². The summed E-state index contributed by atoms with van der Waals surface area (Å²) in [4.78, 5) is 26.1. The summed E-state index contributed by atoms with van der Waals surface area (Å²) in [6.45, 7) is 10.6. The first-order valence-electron chi connectivity index (χ1n) is 6.95. The number of carbonyl (C=O) groups is 2. The van der Waals surface area contributed by atoms with Gasteiger partial charge in [0.25, 0.3) is 0 Å². The minimum atomic E-state index is -0.721. The molecule has 2 unspecified atom stereocenters. The van der Waals surface area contributed by atoms with Gasteiger partial charge >= 0.3 is 0 Å². The third kappa shape index (κ3) is 3.03. The van der Waals surface area contributed by atoms with Gasteiger partial charge in [-0.2, -0.15) is 0 Å². The fourth-order valence-corrected chi connectivity index (χ4v) is 2.27. The molecule has 1 fully saturated rings. The Morgan fingerprint density at radius 2 is 2.00 bits per heavy atom. The van der Waals surface area contributed by atoms with E-state index in [0.29, 0.717) is 18.9 Å². The molecule has 1 heterocycles. The zero-order valence-corrected chi connectivity index (χ0v) is 12.2. The Kier molecular flexibility index (Phi) is 4.77. The molecule has 2 amide bonds. The van der Waals surface area contributed by atoms with E-state index in [4.69, 9.17) is 0 Å². The summed E-state index contributed by atoms with van der Waals surface area (Å²) < 4.78 is 0. The average molecular weight is 254 g/mol. The molecular formula is C14H26N2O2. The van der Waals surface area contributed by atoms with Crippen LogP contribution < -0.4 is 5.32 Å². The second-order valence-corrected chi connectivity index (χ2v) is 5.89. The van der Waals surface area contributed by atoms with Crippen LogP contribution >= 0.6 is 0 Å². The summed E-state index contributed by atoms with van der Waals surface area (Å²) in [6, 6.07) is -0.343. The fourth-order valence-electron chi connectivity index (χ4n) is 2.27. The van der Waals surface area contributed by atoms with Crippen LogP contribution in [-0.2, 0) is 9.59 Å². The van der Waals surface area contributed by atoms with Gasteiger partial charge in [0.15, 0.2) is 0 Å². The lowest BCUT2D eigenvalue weighted by Gasteiger charge is -2.43. The van der Waals surface area contributed by atoms with Gasteiger partial charge in [-0.15, -0.1) is 0 Å². The fraction of sp³-hybridized carbons (Fsp3) is 0.857. The maximum absolute atomic E-state index is 12.4. The first-order chi connectivity index (χ1) is 8.31. The van der Waals surface area contributed by atoms with E-state index in [2.05, 4.69) is 19.2 Å². The van der Waals surface area contributed by atoms with Gasteiger partial charge in [-0.25, -0.2) is 0 Å². The van der Waals surface area contributed by atoms with Crippen molar-refractivity contribution in [1.29, 1.82) is 0 Å². The van der Waals surface area contributed by atoms with E-state index in [0.717, 1.165) is 12.8 Å². The van der Waals surface area contributed by atoms with Crippen LogP contribution in [0.2, 0.25) is 0 Å². The Hall–Kier alpha value is -1.06. The zero-order valence-electron chi connectivity index (χ0n) is 12.2. The van der Waals surface area contributed by atoms with E-state index in [9.17, 15) is 9.59 Å². The van der Waals surface area contributed by atoms with Crippen molar-refractivity contribution >= 4 is 11.8 Å². The molecule has 0 radical (unpaired) electrons. The first kappa shape index (κ1) is 15.0. The van der Waals surface area contributed by atoms with Crippen LogP contribution in [-0.4, -0.2) is 34.8 Å². The summed E-state index contributed by atoms with van der Waals surface area (Å²) in [5, 5.41) is 2.84. The third-order valence-corrected chi connectivity index (χ3v) is 3.87. The second kappa shape index (κ2) is 5.72. The third-order valence-electron chi connectivity index (χ3n) is 3.87. The number of nitrogens with zero attached hydrogens (tertiary/aromatic N) is 1. The number of rotatable bonds is 5. The Labute approximate surface area is 110 Å². The predicted octanol–water partition coefficient (Wildman–Crippen LogP) is 1.94. The molecule has 2 atom stereocenters. The van der Waals surface area contributed by atoms with Crippen molar-refractivity contribution in [3.05, 3.63) is 0 Å². The molecule has 1 rings (SSSR count).